The average molecular weight is 257 g/mol. The predicted molar refractivity (Wildman–Crippen MR) is 59.0 cm³/mol. The van der Waals surface area contributed by atoms with Crippen molar-refractivity contribution in [3.8, 4) is 5.75 Å². The zero-order chi connectivity index (χ0) is 13.0. The van der Waals surface area contributed by atoms with E-state index in [0.717, 1.165) is 0 Å². The van der Waals surface area contributed by atoms with Crippen molar-refractivity contribution in [2.24, 2.45) is 0 Å². The number of hydrogen-bond donors (Lipinski definition) is 2. The molecule has 0 radical (unpaired) electrons. The third-order valence-corrected chi connectivity index (χ3v) is 2.18. The molecule has 0 saturated carbocycles. The SMILES string of the molecule is FC(F)(F)Oc1ccccc1CNc1cn[nH]c1. The Morgan fingerprint density at radius 3 is 2.72 bits per heavy atom. The first-order chi connectivity index (χ1) is 8.54. The minimum atomic E-state index is -4.69. The highest BCUT2D eigenvalue weighted by Crippen LogP contribution is 2.26. The molecule has 0 atom stereocenters. The van der Waals surface area contributed by atoms with Gasteiger partial charge in [0.15, 0.2) is 0 Å². The number of ether oxygens (including phenoxy) is 1. The van der Waals surface area contributed by atoms with Crippen LogP contribution in [0.15, 0.2) is 36.7 Å². The molecule has 96 valence electrons. The fourth-order valence-corrected chi connectivity index (χ4v) is 1.42. The summed E-state index contributed by atoms with van der Waals surface area (Å²) in [5, 5.41) is 9.24. The smallest absolute Gasteiger partial charge is 0.405 e. The van der Waals surface area contributed by atoms with Gasteiger partial charge in [-0.25, -0.2) is 0 Å². The fraction of sp³-hybridized carbons (Fsp3) is 0.182. The monoisotopic (exact) mass is 257 g/mol. The van der Waals surface area contributed by atoms with Crippen molar-refractivity contribution in [3.63, 3.8) is 0 Å². The summed E-state index contributed by atoms with van der Waals surface area (Å²) in [4.78, 5) is 0. The standard InChI is InChI=1S/C11H10F3N3O/c12-11(13,14)18-10-4-2-1-3-8(10)5-15-9-6-16-17-7-9/h1-4,6-7,15H,5H2,(H,16,17). The van der Waals surface area contributed by atoms with Gasteiger partial charge in [0.05, 0.1) is 11.9 Å². The third-order valence-electron chi connectivity index (χ3n) is 2.18. The lowest BCUT2D eigenvalue weighted by atomic mass is 10.2. The highest BCUT2D eigenvalue weighted by atomic mass is 19.4. The van der Waals surface area contributed by atoms with Gasteiger partial charge < -0.3 is 10.1 Å². The Morgan fingerprint density at radius 2 is 2.06 bits per heavy atom. The van der Waals surface area contributed by atoms with Gasteiger partial charge in [0, 0.05) is 18.3 Å². The molecule has 2 aromatic rings. The second kappa shape index (κ2) is 4.99. The van der Waals surface area contributed by atoms with Crippen molar-refractivity contribution in [3.05, 3.63) is 42.2 Å². The number of benzene rings is 1. The summed E-state index contributed by atoms with van der Waals surface area (Å²) in [6.07, 6.45) is -1.55. The molecule has 0 unspecified atom stereocenters. The van der Waals surface area contributed by atoms with E-state index in [1.54, 1.807) is 18.3 Å². The number of H-pyrrole nitrogens is 1. The van der Waals surface area contributed by atoms with Crippen molar-refractivity contribution in [2.45, 2.75) is 12.9 Å². The number of nitrogens with one attached hydrogen (secondary N) is 2. The molecule has 1 heterocycles. The van der Waals surface area contributed by atoms with E-state index in [1.807, 2.05) is 0 Å². The van der Waals surface area contributed by atoms with Crippen molar-refractivity contribution < 1.29 is 17.9 Å². The van der Waals surface area contributed by atoms with Crippen LogP contribution < -0.4 is 10.1 Å². The van der Waals surface area contributed by atoms with Gasteiger partial charge in [-0.05, 0) is 6.07 Å². The zero-order valence-electron chi connectivity index (χ0n) is 9.16. The van der Waals surface area contributed by atoms with E-state index in [1.165, 1.54) is 18.3 Å². The first-order valence-corrected chi connectivity index (χ1v) is 5.11. The summed E-state index contributed by atoms with van der Waals surface area (Å²) in [6.45, 7) is 0.214. The van der Waals surface area contributed by atoms with Crippen LogP contribution in [0.1, 0.15) is 5.56 Å². The number of halogens is 3. The van der Waals surface area contributed by atoms with Gasteiger partial charge in [0.1, 0.15) is 5.75 Å². The lowest BCUT2D eigenvalue weighted by molar-refractivity contribution is -0.274. The van der Waals surface area contributed by atoms with Crippen LogP contribution in [0.5, 0.6) is 5.75 Å². The molecule has 2 N–H and O–H groups in total. The van der Waals surface area contributed by atoms with Gasteiger partial charge in [-0.3, -0.25) is 5.10 Å². The Balaban J connectivity index is 2.07. The van der Waals surface area contributed by atoms with Crippen molar-refractivity contribution in [1.29, 1.82) is 0 Å². The number of aromatic nitrogens is 2. The maximum absolute atomic E-state index is 12.2. The van der Waals surface area contributed by atoms with E-state index < -0.39 is 6.36 Å². The van der Waals surface area contributed by atoms with Crippen LogP contribution in [-0.2, 0) is 6.54 Å². The molecule has 0 aliphatic heterocycles. The third kappa shape index (κ3) is 3.41. The second-order valence-electron chi connectivity index (χ2n) is 3.50. The molecule has 18 heavy (non-hydrogen) atoms. The molecule has 0 bridgehead atoms. The molecule has 1 aromatic heterocycles. The molecule has 0 fully saturated rings. The van der Waals surface area contributed by atoms with E-state index in [9.17, 15) is 13.2 Å². The Hall–Kier alpha value is -2.18. The summed E-state index contributed by atoms with van der Waals surface area (Å²) in [7, 11) is 0. The predicted octanol–water partition coefficient (Wildman–Crippen LogP) is 2.92. The highest BCUT2D eigenvalue weighted by molar-refractivity contribution is 5.41. The molecule has 7 heteroatoms. The van der Waals surface area contributed by atoms with Gasteiger partial charge in [-0.1, -0.05) is 18.2 Å². The first-order valence-electron chi connectivity index (χ1n) is 5.11. The van der Waals surface area contributed by atoms with E-state index in [0.29, 0.717) is 11.3 Å². The molecule has 1 aromatic carbocycles. The van der Waals surface area contributed by atoms with Crippen LogP contribution in [0.3, 0.4) is 0 Å². The minimum absolute atomic E-state index is 0.207. The van der Waals surface area contributed by atoms with Gasteiger partial charge >= 0.3 is 6.36 Å². The maximum atomic E-state index is 12.2. The summed E-state index contributed by atoms with van der Waals surface area (Å²) in [5.41, 5.74) is 1.10. The quantitative estimate of drug-likeness (QED) is 0.885. The summed E-state index contributed by atoms with van der Waals surface area (Å²) < 4.78 is 40.5. The molecule has 0 aliphatic rings. The van der Waals surface area contributed by atoms with E-state index in [4.69, 9.17) is 0 Å². The molecule has 0 aliphatic carbocycles. The number of para-hydroxylation sites is 1. The van der Waals surface area contributed by atoms with Crippen LogP contribution >= 0.6 is 0 Å². The summed E-state index contributed by atoms with van der Waals surface area (Å²) >= 11 is 0. The number of rotatable bonds is 4. The Kier molecular flexibility index (Phi) is 3.40. The molecular formula is C11H10F3N3O. The zero-order valence-corrected chi connectivity index (χ0v) is 9.16. The lowest BCUT2D eigenvalue weighted by Gasteiger charge is -2.13. The molecular weight excluding hydrogens is 247 g/mol. The second-order valence-corrected chi connectivity index (χ2v) is 3.50. The van der Waals surface area contributed by atoms with Gasteiger partial charge in [0.25, 0.3) is 0 Å². The molecule has 0 spiro atoms. The van der Waals surface area contributed by atoms with Crippen molar-refractivity contribution >= 4 is 5.69 Å². The Bertz CT molecular complexity index is 496. The summed E-state index contributed by atoms with van der Waals surface area (Å²) in [6, 6.07) is 5.98. The van der Waals surface area contributed by atoms with Crippen molar-refractivity contribution in [1.82, 2.24) is 10.2 Å². The van der Waals surface area contributed by atoms with E-state index in [-0.39, 0.29) is 12.3 Å². The number of hydrogen-bond acceptors (Lipinski definition) is 3. The van der Waals surface area contributed by atoms with Gasteiger partial charge in [-0.15, -0.1) is 13.2 Å². The van der Waals surface area contributed by atoms with Gasteiger partial charge in [0.2, 0.25) is 0 Å². The first kappa shape index (κ1) is 12.3. The van der Waals surface area contributed by atoms with E-state index in [2.05, 4.69) is 20.3 Å². The normalized spacial score (nSPS) is 11.3. The van der Waals surface area contributed by atoms with Crippen molar-refractivity contribution in [2.75, 3.05) is 5.32 Å². The molecule has 0 saturated heterocycles. The Labute approximate surface area is 101 Å². The lowest BCUT2D eigenvalue weighted by Crippen LogP contribution is -2.18. The van der Waals surface area contributed by atoms with Crippen LogP contribution in [0.25, 0.3) is 0 Å². The fourth-order valence-electron chi connectivity index (χ4n) is 1.42. The molecule has 4 nitrogen and oxygen atoms in total. The minimum Gasteiger partial charge on any atom is -0.405 e. The van der Waals surface area contributed by atoms with Crippen LogP contribution in [0.2, 0.25) is 0 Å². The largest absolute Gasteiger partial charge is 0.573 e. The van der Waals surface area contributed by atoms with Crippen LogP contribution in [0, 0.1) is 0 Å². The number of aromatic amines is 1. The Morgan fingerprint density at radius 1 is 1.28 bits per heavy atom. The van der Waals surface area contributed by atoms with Gasteiger partial charge in [-0.2, -0.15) is 5.10 Å². The number of anilines is 1. The summed E-state index contributed by atoms with van der Waals surface area (Å²) in [5.74, 6) is -0.207. The highest BCUT2D eigenvalue weighted by Gasteiger charge is 2.31. The topological polar surface area (TPSA) is 49.9 Å². The average Bonchev–Trinajstić information content (AvgIpc) is 2.79. The maximum Gasteiger partial charge on any atom is 0.573 e. The van der Waals surface area contributed by atoms with Crippen LogP contribution in [0.4, 0.5) is 18.9 Å². The van der Waals surface area contributed by atoms with E-state index >= 15 is 0 Å². The van der Waals surface area contributed by atoms with Crippen LogP contribution in [-0.4, -0.2) is 16.6 Å². The number of nitrogens with zero attached hydrogens (tertiary/aromatic N) is 1. The number of alkyl halides is 3. The molecule has 2 rings (SSSR count). The molecule has 0 amide bonds.